The first kappa shape index (κ1) is 14.6. The number of hydrogen-bond donors (Lipinski definition) is 3. The Morgan fingerprint density at radius 1 is 1.17 bits per heavy atom. The minimum atomic E-state index is -0.648. The molecule has 5 heteroatoms. The van der Waals surface area contributed by atoms with Crippen molar-refractivity contribution in [3.63, 3.8) is 0 Å². The third-order valence-corrected chi connectivity index (χ3v) is 2.67. The molecule has 1 aromatic rings. The Kier molecular flexibility index (Phi) is 6.35. The molecule has 0 aliphatic rings. The zero-order valence-electron chi connectivity index (χ0n) is 10.3. The summed E-state index contributed by atoms with van der Waals surface area (Å²) in [7, 11) is 0. The molecular weight excluding hydrogens is 232 g/mol. The Morgan fingerprint density at radius 3 is 2.22 bits per heavy atom. The Balaban J connectivity index is 2.58. The van der Waals surface area contributed by atoms with Crippen LogP contribution in [0.4, 0.5) is 0 Å². The first-order chi connectivity index (χ1) is 8.69. The van der Waals surface area contributed by atoms with Gasteiger partial charge in [-0.1, -0.05) is 30.3 Å². The molecule has 1 rings (SSSR count). The molecule has 1 aromatic carbocycles. The van der Waals surface area contributed by atoms with Gasteiger partial charge in [0.25, 0.3) is 0 Å². The minimum absolute atomic E-state index is 0.135. The monoisotopic (exact) mass is 252 g/mol. The average Bonchev–Trinajstić information content (AvgIpc) is 2.39. The summed E-state index contributed by atoms with van der Waals surface area (Å²) in [6.07, 6.45) is 0.451. The maximum Gasteiger partial charge on any atom is 0.239 e. The van der Waals surface area contributed by atoms with Crippen LogP contribution in [0.3, 0.4) is 0 Å². The predicted octanol–water partition coefficient (Wildman–Crippen LogP) is -0.630. The molecule has 100 valence electrons. The van der Waals surface area contributed by atoms with Crippen molar-refractivity contribution in [1.82, 2.24) is 4.90 Å². The van der Waals surface area contributed by atoms with Gasteiger partial charge in [-0.15, -0.1) is 0 Å². The predicted molar refractivity (Wildman–Crippen MR) is 68.9 cm³/mol. The highest BCUT2D eigenvalue weighted by atomic mass is 16.3. The fourth-order valence-corrected chi connectivity index (χ4v) is 1.76. The van der Waals surface area contributed by atoms with Gasteiger partial charge in [0.1, 0.15) is 0 Å². The van der Waals surface area contributed by atoms with E-state index in [1.54, 1.807) is 0 Å². The van der Waals surface area contributed by atoms with Crippen molar-refractivity contribution in [2.45, 2.75) is 12.5 Å². The molecule has 0 spiro atoms. The fourth-order valence-electron chi connectivity index (χ4n) is 1.76. The van der Waals surface area contributed by atoms with Crippen LogP contribution in [0, 0.1) is 0 Å². The summed E-state index contributed by atoms with van der Waals surface area (Å²) < 4.78 is 0. The van der Waals surface area contributed by atoms with Crippen LogP contribution in [0.2, 0.25) is 0 Å². The third kappa shape index (κ3) is 4.44. The first-order valence-corrected chi connectivity index (χ1v) is 5.99. The molecule has 5 nitrogen and oxygen atoms in total. The topological polar surface area (TPSA) is 86.8 Å². The van der Waals surface area contributed by atoms with Crippen LogP contribution in [-0.2, 0) is 11.2 Å². The van der Waals surface area contributed by atoms with Crippen molar-refractivity contribution in [2.24, 2.45) is 5.73 Å². The van der Waals surface area contributed by atoms with E-state index in [2.05, 4.69) is 0 Å². The van der Waals surface area contributed by atoms with Crippen molar-refractivity contribution in [1.29, 1.82) is 0 Å². The van der Waals surface area contributed by atoms with E-state index >= 15 is 0 Å². The highest BCUT2D eigenvalue weighted by Gasteiger charge is 2.20. The molecule has 0 radical (unpaired) electrons. The molecule has 18 heavy (non-hydrogen) atoms. The second kappa shape index (κ2) is 7.81. The summed E-state index contributed by atoms with van der Waals surface area (Å²) >= 11 is 0. The van der Waals surface area contributed by atoms with Gasteiger partial charge in [-0.2, -0.15) is 0 Å². The zero-order valence-corrected chi connectivity index (χ0v) is 10.3. The highest BCUT2D eigenvalue weighted by molar-refractivity contribution is 5.82. The number of hydrogen-bond acceptors (Lipinski definition) is 4. The molecule has 1 atom stereocenters. The van der Waals surface area contributed by atoms with E-state index in [9.17, 15) is 4.79 Å². The molecule has 0 bridgehead atoms. The van der Waals surface area contributed by atoms with Gasteiger partial charge < -0.3 is 20.8 Å². The van der Waals surface area contributed by atoms with Crippen LogP contribution in [0.15, 0.2) is 30.3 Å². The number of benzene rings is 1. The second-order valence-corrected chi connectivity index (χ2v) is 4.07. The third-order valence-electron chi connectivity index (χ3n) is 2.67. The largest absolute Gasteiger partial charge is 0.395 e. The van der Waals surface area contributed by atoms with Gasteiger partial charge in [-0.05, 0) is 12.0 Å². The molecule has 4 N–H and O–H groups in total. The molecule has 1 unspecified atom stereocenters. The van der Waals surface area contributed by atoms with Crippen LogP contribution < -0.4 is 5.73 Å². The lowest BCUT2D eigenvalue weighted by molar-refractivity contribution is -0.133. The number of nitrogens with two attached hydrogens (primary N) is 1. The van der Waals surface area contributed by atoms with Crippen LogP contribution in [0.5, 0.6) is 0 Å². The molecule has 0 saturated carbocycles. The molecule has 0 aromatic heterocycles. The van der Waals surface area contributed by atoms with E-state index in [-0.39, 0.29) is 32.2 Å². The number of amides is 1. The van der Waals surface area contributed by atoms with Crippen molar-refractivity contribution >= 4 is 5.91 Å². The summed E-state index contributed by atoms with van der Waals surface area (Å²) in [5.41, 5.74) is 6.85. The zero-order chi connectivity index (χ0) is 13.4. The molecule has 1 amide bonds. The quantitative estimate of drug-likeness (QED) is 0.603. The Bertz CT molecular complexity index is 351. The van der Waals surface area contributed by atoms with Gasteiger partial charge in [0, 0.05) is 13.1 Å². The van der Waals surface area contributed by atoms with Gasteiger partial charge in [0.05, 0.1) is 19.3 Å². The minimum Gasteiger partial charge on any atom is -0.395 e. The molecule has 0 aliphatic carbocycles. The molecule has 0 saturated heterocycles. The average molecular weight is 252 g/mol. The van der Waals surface area contributed by atoms with E-state index in [0.29, 0.717) is 6.42 Å². The summed E-state index contributed by atoms with van der Waals surface area (Å²) in [6, 6.07) is 8.87. The Hall–Kier alpha value is -1.43. The highest BCUT2D eigenvalue weighted by Crippen LogP contribution is 2.04. The lowest BCUT2D eigenvalue weighted by Crippen LogP contribution is -2.47. The smallest absolute Gasteiger partial charge is 0.239 e. The standard InChI is InChI=1S/C13H20N2O3/c14-12(10-11-4-2-1-3-5-11)13(18)15(6-8-16)7-9-17/h1-5,12,16-17H,6-10,14H2. The van der Waals surface area contributed by atoms with E-state index in [1.165, 1.54) is 4.90 Å². The Labute approximate surface area is 107 Å². The summed E-state index contributed by atoms with van der Waals surface area (Å²) in [5.74, 6) is -0.248. The Morgan fingerprint density at radius 2 is 1.72 bits per heavy atom. The number of aliphatic hydroxyl groups is 2. The second-order valence-electron chi connectivity index (χ2n) is 4.07. The summed E-state index contributed by atoms with van der Waals surface area (Å²) in [5, 5.41) is 17.7. The number of nitrogens with zero attached hydrogens (tertiary/aromatic N) is 1. The van der Waals surface area contributed by atoms with Crippen LogP contribution >= 0.6 is 0 Å². The van der Waals surface area contributed by atoms with Crippen molar-refractivity contribution in [3.8, 4) is 0 Å². The lowest BCUT2D eigenvalue weighted by Gasteiger charge is -2.24. The maximum absolute atomic E-state index is 12.0. The van der Waals surface area contributed by atoms with E-state index < -0.39 is 6.04 Å². The van der Waals surface area contributed by atoms with Crippen molar-refractivity contribution in [2.75, 3.05) is 26.3 Å². The van der Waals surface area contributed by atoms with Crippen LogP contribution in [0.1, 0.15) is 5.56 Å². The fraction of sp³-hybridized carbons (Fsp3) is 0.462. The van der Waals surface area contributed by atoms with Gasteiger partial charge in [0.15, 0.2) is 0 Å². The van der Waals surface area contributed by atoms with Crippen LogP contribution in [0.25, 0.3) is 0 Å². The van der Waals surface area contributed by atoms with E-state index in [0.717, 1.165) is 5.56 Å². The van der Waals surface area contributed by atoms with Crippen LogP contribution in [-0.4, -0.2) is 53.4 Å². The lowest BCUT2D eigenvalue weighted by atomic mass is 10.1. The van der Waals surface area contributed by atoms with Crippen molar-refractivity contribution in [3.05, 3.63) is 35.9 Å². The molecule has 0 fully saturated rings. The number of carbonyl (C=O) groups excluding carboxylic acids is 1. The number of aliphatic hydroxyl groups excluding tert-OH is 2. The number of rotatable bonds is 7. The van der Waals surface area contributed by atoms with E-state index in [1.807, 2.05) is 30.3 Å². The van der Waals surface area contributed by atoms with E-state index in [4.69, 9.17) is 15.9 Å². The maximum atomic E-state index is 12.0. The molecular formula is C13H20N2O3. The normalized spacial score (nSPS) is 12.2. The molecule has 0 heterocycles. The first-order valence-electron chi connectivity index (χ1n) is 5.99. The SMILES string of the molecule is NC(Cc1ccccc1)C(=O)N(CCO)CCO. The molecule has 0 aliphatic heterocycles. The van der Waals surface area contributed by atoms with Gasteiger partial charge >= 0.3 is 0 Å². The van der Waals surface area contributed by atoms with Gasteiger partial charge in [-0.25, -0.2) is 0 Å². The summed E-state index contributed by atoms with van der Waals surface area (Å²) in [4.78, 5) is 13.4. The summed E-state index contributed by atoms with van der Waals surface area (Å²) in [6.45, 7) is 0.122. The number of carbonyl (C=O) groups is 1. The van der Waals surface area contributed by atoms with Gasteiger partial charge in [0.2, 0.25) is 5.91 Å². The van der Waals surface area contributed by atoms with Gasteiger partial charge in [-0.3, -0.25) is 4.79 Å². The van der Waals surface area contributed by atoms with Crippen molar-refractivity contribution < 1.29 is 15.0 Å².